The normalized spacial score (nSPS) is 13.4. The molecule has 0 unspecified atom stereocenters. The Morgan fingerprint density at radius 1 is 1.14 bits per heavy atom. The number of rotatable bonds is 4. The van der Waals surface area contributed by atoms with Gasteiger partial charge in [-0.25, -0.2) is 0 Å². The number of halogens is 1. The second-order valence-corrected chi connectivity index (χ2v) is 8.81. The van der Waals surface area contributed by atoms with E-state index in [-0.39, 0.29) is 5.91 Å². The van der Waals surface area contributed by atoms with Gasteiger partial charge in [-0.05, 0) is 74.9 Å². The number of aryl methyl sites for hydroxylation is 3. The van der Waals surface area contributed by atoms with Gasteiger partial charge in [0.15, 0.2) is 0 Å². The number of amides is 1. The second-order valence-electron chi connectivity index (χ2n) is 7.39. The highest BCUT2D eigenvalue weighted by atomic mass is 35.5. The number of aromatic nitrogens is 1. The van der Waals surface area contributed by atoms with Crippen molar-refractivity contribution in [2.45, 2.75) is 44.4 Å². The van der Waals surface area contributed by atoms with Crippen LogP contribution in [0.3, 0.4) is 0 Å². The number of anilines is 1. The highest BCUT2D eigenvalue weighted by Gasteiger charge is 2.19. The van der Waals surface area contributed by atoms with Gasteiger partial charge in [0.1, 0.15) is 0 Å². The fourth-order valence-electron chi connectivity index (χ4n) is 3.80. The zero-order valence-corrected chi connectivity index (χ0v) is 17.7. The van der Waals surface area contributed by atoms with Gasteiger partial charge in [-0.2, -0.15) is 0 Å². The van der Waals surface area contributed by atoms with Crippen molar-refractivity contribution in [2.24, 2.45) is 0 Å². The predicted molar refractivity (Wildman–Crippen MR) is 119 cm³/mol. The Hall–Kier alpha value is -2.04. The first-order valence-electron chi connectivity index (χ1n) is 9.62. The van der Waals surface area contributed by atoms with E-state index in [1.54, 1.807) is 11.8 Å². The molecule has 3 aromatic rings. The van der Waals surface area contributed by atoms with Crippen LogP contribution in [0.5, 0.6) is 0 Å². The summed E-state index contributed by atoms with van der Waals surface area (Å²) >= 11 is 7.86. The number of pyridine rings is 1. The van der Waals surface area contributed by atoms with Gasteiger partial charge in [-0.1, -0.05) is 29.3 Å². The molecule has 0 atom stereocenters. The average Bonchev–Trinajstić information content (AvgIpc) is 2.67. The van der Waals surface area contributed by atoms with Crippen LogP contribution in [0.1, 0.15) is 35.2 Å². The van der Waals surface area contributed by atoms with Crippen LogP contribution in [-0.2, 0) is 17.6 Å². The number of nitrogens with one attached hydrogen (secondary N) is 1. The van der Waals surface area contributed by atoms with Crippen molar-refractivity contribution >= 4 is 45.9 Å². The fourth-order valence-corrected chi connectivity index (χ4v) is 5.03. The molecule has 1 aliphatic carbocycles. The van der Waals surface area contributed by atoms with Crippen LogP contribution in [0.4, 0.5) is 5.69 Å². The molecule has 1 aliphatic rings. The van der Waals surface area contributed by atoms with Gasteiger partial charge in [0.25, 0.3) is 0 Å². The lowest BCUT2D eigenvalue weighted by molar-refractivity contribution is -0.113. The topological polar surface area (TPSA) is 42.0 Å². The van der Waals surface area contributed by atoms with Gasteiger partial charge in [-0.3, -0.25) is 9.78 Å². The third-order valence-corrected chi connectivity index (χ3v) is 6.57. The van der Waals surface area contributed by atoms with Crippen molar-refractivity contribution in [3.8, 4) is 0 Å². The summed E-state index contributed by atoms with van der Waals surface area (Å²) in [5.74, 6) is 0.374. The molecule has 3 nitrogen and oxygen atoms in total. The van der Waals surface area contributed by atoms with Gasteiger partial charge >= 0.3 is 0 Å². The van der Waals surface area contributed by atoms with Crippen LogP contribution < -0.4 is 5.32 Å². The van der Waals surface area contributed by atoms with Gasteiger partial charge in [0, 0.05) is 26.7 Å². The largest absolute Gasteiger partial charge is 0.325 e. The second kappa shape index (κ2) is 8.14. The molecule has 0 saturated carbocycles. The van der Waals surface area contributed by atoms with Crippen molar-refractivity contribution < 1.29 is 4.79 Å². The fraction of sp³-hybridized carbons (Fsp3) is 0.304. The minimum atomic E-state index is 0.00787. The van der Waals surface area contributed by atoms with E-state index in [4.69, 9.17) is 16.6 Å². The smallest absolute Gasteiger partial charge is 0.234 e. The van der Waals surface area contributed by atoms with E-state index in [9.17, 15) is 4.79 Å². The molecule has 0 spiro atoms. The maximum absolute atomic E-state index is 12.6. The molecule has 1 aromatic heterocycles. The molecule has 2 aromatic carbocycles. The van der Waals surface area contributed by atoms with Gasteiger partial charge < -0.3 is 5.32 Å². The zero-order chi connectivity index (χ0) is 19.7. The summed E-state index contributed by atoms with van der Waals surface area (Å²) in [5.41, 5.74) is 6.58. The van der Waals surface area contributed by atoms with E-state index < -0.39 is 0 Å². The van der Waals surface area contributed by atoms with E-state index in [1.165, 1.54) is 29.7 Å². The number of carbonyl (C=O) groups is 1. The molecule has 1 N–H and O–H groups in total. The molecule has 0 fully saturated rings. The van der Waals surface area contributed by atoms with E-state index in [0.717, 1.165) is 39.9 Å². The average molecular weight is 411 g/mol. The Labute approximate surface area is 174 Å². The summed E-state index contributed by atoms with van der Waals surface area (Å²) in [6.07, 6.45) is 4.38. The molecular weight excluding hydrogens is 388 g/mol. The highest BCUT2D eigenvalue weighted by molar-refractivity contribution is 8.00. The lowest BCUT2D eigenvalue weighted by Crippen LogP contribution is -2.15. The van der Waals surface area contributed by atoms with Crippen molar-refractivity contribution in [3.05, 3.63) is 63.8 Å². The molecular formula is C23H23ClN2OS. The molecule has 5 heteroatoms. The quantitative estimate of drug-likeness (QED) is 0.527. The number of hydrogen-bond donors (Lipinski definition) is 1. The molecule has 144 valence electrons. The zero-order valence-electron chi connectivity index (χ0n) is 16.1. The summed E-state index contributed by atoms with van der Waals surface area (Å²) < 4.78 is 0. The molecule has 0 aliphatic heterocycles. The van der Waals surface area contributed by atoms with E-state index in [0.29, 0.717) is 10.8 Å². The van der Waals surface area contributed by atoms with E-state index >= 15 is 0 Å². The summed E-state index contributed by atoms with van der Waals surface area (Å²) in [4.78, 5) is 18.6. The highest BCUT2D eigenvalue weighted by Crippen LogP contribution is 2.37. The van der Waals surface area contributed by atoms with Gasteiger partial charge in [0.05, 0.1) is 11.3 Å². The summed E-state index contributed by atoms with van der Waals surface area (Å²) in [6, 6.07) is 11.9. The Kier molecular flexibility index (Phi) is 5.61. The molecule has 0 radical (unpaired) electrons. The molecule has 0 bridgehead atoms. The van der Waals surface area contributed by atoms with Crippen LogP contribution in [0.15, 0.2) is 41.3 Å². The third kappa shape index (κ3) is 4.03. The minimum Gasteiger partial charge on any atom is -0.325 e. The monoisotopic (exact) mass is 410 g/mol. The first-order valence-corrected chi connectivity index (χ1v) is 11.0. The number of thioether (sulfide) groups is 1. The van der Waals surface area contributed by atoms with Crippen LogP contribution in [0.2, 0.25) is 5.02 Å². The Balaban J connectivity index is 1.60. The summed E-state index contributed by atoms with van der Waals surface area (Å²) in [6.45, 7) is 4.07. The maximum Gasteiger partial charge on any atom is 0.234 e. The van der Waals surface area contributed by atoms with E-state index in [2.05, 4.69) is 18.3 Å². The summed E-state index contributed by atoms with van der Waals surface area (Å²) in [7, 11) is 0. The van der Waals surface area contributed by atoms with Crippen molar-refractivity contribution in [1.82, 2.24) is 4.98 Å². The lowest BCUT2D eigenvalue weighted by atomic mass is 9.94. The molecule has 0 saturated heterocycles. The first kappa shape index (κ1) is 19.3. The molecule has 28 heavy (non-hydrogen) atoms. The van der Waals surface area contributed by atoms with Crippen molar-refractivity contribution in [3.63, 3.8) is 0 Å². The van der Waals surface area contributed by atoms with Crippen LogP contribution in [-0.4, -0.2) is 16.6 Å². The lowest BCUT2D eigenvalue weighted by Gasteiger charge is -2.20. The van der Waals surface area contributed by atoms with Crippen molar-refractivity contribution in [1.29, 1.82) is 0 Å². The third-order valence-electron chi connectivity index (χ3n) is 5.18. The number of nitrogens with zero attached hydrogens (tertiary/aromatic N) is 1. The Bertz CT molecular complexity index is 1060. The maximum atomic E-state index is 12.6. The SMILES string of the molecule is Cc1ccc(NC(=O)CSc2c3c(nc4ccc(Cl)cc24)CCCC3)c(C)c1. The molecule has 1 amide bonds. The number of hydrogen-bond acceptors (Lipinski definition) is 3. The van der Waals surface area contributed by atoms with Gasteiger partial charge in [-0.15, -0.1) is 11.8 Å². The Morgan fingerprint density at radius 2 is 1.96 bits per heavy atom. The van der Waals surface area contributed by atoms with E-state index in [1.807, 2.05) is 37.3 Å². The predicted octanol–water partition coefficient (Wildman–Crippen LogP) is 6.11. The number of carbonyl (C=O) groups excluding carboxylic acids is 1. The number of benzene rings is 2. The van der Waals surface area contributed by atoms with Crippen LogP contribution in [0.25, 0.3) is 10.9 Å². The van der Waals surface area contributed by atoms with Gasteiger partial charge in [0.2, 0.25) is 5.91 Å². The van der Waals surface area contributed by atoms with Crippen LogP contribution >= 0.6 is 23.4 Å². The standard InChI is InChI=1S/C23H23ClN2OS/c1-14-7-9-19(15(2)11-14)26-22(27)13-28-23-17-5-3-4-6-20(17)25-21-10-8-16(24)12-18(21)23/h7-12H,3-6,13H2,1-2H3,(H,26,27). The molecule has 1 heterocycles. The summed E-state index contributed by atoms with van der Waals surface area (Å²) in [5, 5.41) is 4.80. The first-order chi connectivity index (χ1) is 13.5. The Morgan fingerprint density at radius 3 is 2.79 bits per heavy atom. The molecule has 4 rings (SSSR count). The minimum absolute atomic E-state index is 0.00787. The van der Waals surface area contributed by atoms with Crippen LogP contribution in [0, 0.1) is 13.8 Å². The number of fused-ring (bicyclic) bond motifs is 2. The van der Waals surface area contributed by atoms with Crippen molar-refractivity contribution in [2.75, 3.05) is 11.1 Å².